The van der Waals surface area contributed by atoms with Crippen molar-refractivity contribution in [3.63, 3.8) is 0 Å². The average Bonchev–Trinajstić information content (AvgIpc) is 2.93. The van der Waals surface area contributed by atoms with E-state index in [1.54, 1.807) is 17.1 Å². The third-order valence-electron chi connectivity index (χ3n) is 10.4. The second-order valence-electron chi connectivity index (χ2n) is 12.8. The lowest BCUT2D eigenvalue weighted by molar-refractivity contribution is -0.137. The first kappa shape index (κ1) is 25.8. The zero-order chi connectivity index (χ0) is 27.4. The summed E-state index contributed by atoms with van der Waals surface area (Å²) in [7, 11) is 0. The number of fused-ring (bicyclic) bond motifs is 5. The van der Waals surface area contributed by atoms with Crippen molar-refractivity contribution in [3.8, 4) is 0 Å². The number of hydrogen-bond acceptors (Lipinski definition) is 5. The number of aliphatic carboxylic acids is 1. The summed E-state index contributed by atoms with van der Waals surface area (Å²) in [5.74, 6) is 0.841. The van der Waals surface area contributed by atoms with Crippen molar-refractivity contribution >= 4 is 22.7 Å². The van der Waals surface area contributed by atoms with Gasteiger partial charge in [0.1, 0.15) is 6.54 Å². The van der Waals surface area contributed by atoms with Crippen LogP contribution in [0.5, 0.6) is 0 Å². The second kappa shape index (κ2) is 10.3. The van der Waals surface area contributed by atoms with E-state index in [9.17, 15) is 14.7 Å². The molecule has 2 aromatic rings. The first-order valence-corrected chi connectivity index (χ1v) is 15.3. The van der Waals surface area contributed by atoms with Crippen LogP contribution >= 0.6 is 0 Å². The third-order valence-corrected chi connectivity index (χ3v) is 10.4. The van der Waals surface area contributed by atoms with Gasteiger partial charge in [-0.3, -0.25) is 14.5 Å². The van der Waals surface area contributed by atoms with Gasteiger partial charge in [-0.25, -0.2) is 4.98 Å². The van der Waals surface area contributed by atoms with Crippen LogP contribution < -0.4 is 5.56 Å². The SMILES string of the molecule is C=C1C=CC=C(c2nc3ccccc3n(C3CC4CCCC(C3)N4C3CC4CCCC(C4)C3)c2=O)N1CC(=O)O. The van der Waals surface area contributed by atoms with E-state index in [-0.39, 0.29) is 18.1 Å². The Morgan fingerprint density at radius 3 is 2.35 bits per heavy atom. The van der Waals surface area contributed by atoms with Gasteiger partial charge in [-0.2, -0.15) is 0 Å². The van der Waals surface area contributed by atoms with Crippen LogP contribution in [0.2, 0.25) is 0 Å². The number of carboxylic acid groups (broad SMARTS) is 1. The molecule has 2 saturated heterocycles. The molecule has 1 aromatic carbocycles. The van der Waals surface area contributed by atoms with Crippen LogP contribution in [0.1, 0.15) is 82.4 Å². The molecule has 7 nitrogen and oxygen atoms in total. The maximum absolute atomic E-state index is 14.4. The molecular weight excluding hydrogens is 500 g/mol. The molecule has 210 valence electrons. The Balaban J connectivity index is 1.26. The molecule has 2 aliphatic carbocycles. The van der Waals surface area contributed by atoms with Gasteiger partial charge in [0.15, 0.2) is 5.69 Å². The molecule has 5 aliphatic rings. The first-order valence-electron chi connectivity index (χ1n) is 15.3. The number of allylic oxidation sites excluding steroid dienone is 3. The van der Waals surface area contributed by atoms with Gasteiger partial charge in [0.25, 0.3) is 5.56 Å². The van der Waals surface area contributed by atoms with Crippen LogP contribution in [-0.4, -0.2) is 55.1 Å². The van der Waals surface area contributed by atoms with Gasteiger partial charge in [-0.1, -0.05) is 50.5 Å². The maximum atomic E-state index is 14.4. The zero-order valence-electron chi connectivity index (χ0n) is 23.3. The fraction of sp³-hybridized carbons (Fsp3) is 0.545. The van der Waals surface area contributed by atoms with E-state index >= 15 is 0 Å². The topological polar surface area (TPSA) is 78.7 Å². The molecule has 4 unspecified atom stereocenters. The number of benzene rings is 1. The summed E-state index contributed by atoms with van der Waals surface area (Å²) in [4.78, 5) is 35.4. The lowest BCUT2D eigenvalue weighted by atomic mass is 9.68. The van der Waals surface area contributed by atoms with E-state index < -0.39 is 5.97 Å². The fourth-order valence-corrected chi connectivity index (χ4v) is 8.93. The van der Waals surface area contributed by atoms with E-state index in [0.29, 0.717) is 35.2 Å². The number of para-hydroxylation sites is 2. The van der Waals surface area contributed by atoms with Gasteiger partial charge in [-0.05, 0) is 81.1 Å². The number of nitrogens with zero attached hydrogens (tertiary/aromatic N) is 4. The Hall–Kier alpha value is -3.19. The minimum Gasteiger partial charge on any atom is -0.480 e. The smallest absolute Gasteiger partial charge is 0.323 e. The van der Waals surface area contributed by atoms with Crippen molar-refractivity contribution in [3.05, 3.63) is 70.8 Å². The van der Waals surface area contributed by atoms with Crippen LogP contribution in [0.3, 0.4) is 0 Å². The summed E-state index contributed by atoms with van der Waals surface area (Å²) in [6.07, 6.45) is 19.5. The van der Waals surface area contributed by atoms with E-state index in [0.717, 1.165) is 35.7 Å². The Labute approximate surface area is 235 Å². The Bertz CT molecular complexity index is 1430. The Morgan fingerprint density at radius 1 is 0.925 bits per heavy atom. The molecule has 40 heavy (non-hydrogen) atoms. The molecule has 0 radical (unpaired) electrons. The molecule has 0 spiro atoms. The minimum absolute atomic E-state index is 0.102. The van der Waals surface area contributed by atoms with E-state index in [1.807, 2.05) is 34.9 Å². The van der Waals surface area contributed by atoms with Gasteiger partial charge in [-0.15, -0.1) is 0 Å². The molecule has 4 atom stereocenters. The summed E-state index contributed by atoms with van der Waals surface area (Å²) in [6.45, 7) is 3.76. The first-order chi connectivity index (χ1) is 19.5. The van der Waals surface area contributed by atoms with Crippen LogP contribution in [-0.2, 0) is 4.79 Å². The van der Waals surface area contributed by atoms with Gasteiger partial charge in [0.05, 0.1) is 16.7 Å². The average molecular weight is 541 g/mol. The van der Waals surface area contributed by atoms with Crippen molar-refractivity contribution in [1.82, 2.24) is 19.4 Å². The highest BCUT2D eigenvalue weighted by Gasteiger charge is 2.45. The molecule has 1 aromatic heterocycles. The van der Waals surface area contributed by atoms with Crippen molar-refractivity contribution in [2.75, 3.05) is 6.54 Å². The van der Waals surface area contributed by atoms with E-state index in [1.165, 1.54) is 57.8 Å². The van der Waals surface area contributed by atoms with E-state index in [2.05, 4.69) is 11.5 Å². The number of carbonyl (C=O) groups is 1. The molecule has 3 aliphatic heterocycles. The molecular formula is C33H40N4O3. The minimum atomic E-state index is -0.976. The van der Waals surface area contributed by atoms with Crippen molar-refractivity contribution in [2.45, 2.75) is 94.8 Å². The molecule has 4 bridgehead atoms. The summed E-state index contributed by atoms with van der Waals surface area (Å²) in [5.41, 5.74) is 2.86. The van der Waals surface area contributed by atoms with Crippen LogP contribution in [0.25, 0.3) is 16.7 Å². The highest BCUT2D eigenvalue weighted by molar-refractivity contribution is 5.80. The monoisotopic (exact) mass is 540 g/mol. The van der Waals surface area contributed by atoms with Crippen LogP contribution in [0, 0.1) is 11.8 Å². The van der Waals surface area contributed by atoms with Gasteiger partial charge < -0.3 is 14.6 Å². The summed E-state index contributed by atoms with van der Waals surface area (Å²) >= 11 is 0. The van der Waals surface area contributed by atoms with Crippen molar-refractivity contribution in [1.29, 1.82) is 0 Å². The number of carboxylic acids is 1. The standard InChI is InChI=1S/C33H40N4O3/c1-21-7-4-14-30(35(21)20-31(38)39)32-33(40)37(29-13-3-2-12-28(29)34-32)27-18-24-10-6-11-25(19-27)36(24)26-16-22-8-5-9-23(15-22)17-26/h2-4,7,12-14,22-27H,1,5-6,8-11,15-20H2,(H,38,39). The number of aromatic nitrogens is 2. The molecule has 4 heterocycles. The van der Waals surface area contributed by atoms with Crippen molar-refractivity contribution in [2.24, 2.45) is 11.8 Å². The summed E-state index contributed by atoms with van der Waals surface area (Å²) in [5, 5.41) is 9.58. The fourth-order valence-electron chi connectivity index (χ4n) is 8.93. The summed E-state index contributed by atoms with van der Waals surface area (Å²) in [6, 6.07) is 9.75. The molecule has 0 amide bonds. The van der Waals surface area contributed by atoms with Gasteiger partial charge >= 0.3 is 5.97 Å². The zero-order valence-corrected chi connectivity index (χ0v) is 23.3. The van der Waals surface area contributed by atoms with Gasteiger partial charge in [0.2, 0.25) is 0 Å². The normalized spacial score (nSPS) is 32.2. The molecule has 7 heteroatoms. The number of rotatable bonds is 5. The second-order valence-corrected chi connectivity index (χ2v) is 12.8. The number of hydrogen-bond donors (Lipinski definition) is 1. The lowest BCUT2D eigenvalue weighted by Gasteiger charge is -2.55. The number of piperidine rings is 2. The highest BCUT2D eigenvalue weighted by atomic mass is 16.4. The maximum Gasteiger partial charge on any atom is 0.323 e. The van der Waals surface area contributed by atoms with Crippen LogP contribution in [0.15, 0.2) is 59.6 Å². The lowest BCUT2D eigenvalue weighted by Crippen LogP contribution is -2.58. The Morgan fingerprint density at radius 2 is 1.62 bits per heavy atom. The highest BCUT2D eigenvalue weighted by Crippen LogP contribution is 2.47. The molecule has 2 saturated carbocycles. The van der Waals surface area contributed by atoms with Gasteiger partial charge in [0, 0.05) is 29.9 Å². The summed E-state index contributed by atoms with van der Waals surface area (Å²) < 4.78 is 2.01. The van der Waals surface area contributed by atoms with Crippen LogP contribution in [0.4, 0.5) is 0 Å². The quantitative estimate of drug-likeness (QED) is 0.522. The molecule has 1 N–H and O–H groups in total. The largest absolute Gasteiger partial charge is 0.480 e. The predicted molar refractivity (Wildman–Crippen MR) is 157 cm³/mol. The van der Waals surface area contributed by atoms with E-state index in [4.69, 9.17) is 4.98 Å². The Kier molecular flexibility index (Phi) is 6.65. The molecule has 4 fully saturated rings. The molecule has 7 rings (SSSR count). The predicted octanol–water partition coefficient (Wildman–Crippen LogP) is 5.73. The third kappa shape index (κ3) is 4.52. The van der Waals surface area contributed by atoms with Crippen molar-refractivity contribution < 1.29 is 9.90 Å².